The number of hydrogen-bond donors (Lipinski definition) is 0. The van der Waals surface area contributed by atoms with Crippen molar-refractivity contribution >= 4 is 35.0 Å². The molecule has 114 valence electrons. The molecule has 0 unspecified atom stereocenters. The lowest BCUT2D eigenvalue weighted by Crippen LogP contribution is -2.14. The van der Waals surface area contributed by atoms with E-state index >= 15 is 0 Å². The minimum atomic E-state index is -0.675. The lowest BCUT2D eigenvalue weighted by Gasteiger charge is -2.07. The van der Waals surface area contributed by atoms with Crippen molar-refractivity contribution in [2.45, 2.75) is 13.3 Å². The number of carbonyl (C=O) groups is 2. The molecule has 0 fully saturated rings. The van der Waals surface area contributed by atoms with Gasteiger partial charge in [-0.2, -0.15) is 0 Å². The zero-order chi connectivity index (χ0) is 16.1. The SMILES string of the molecule is CCc1ccc(C(=O)COC(=O)c2cccc(Cl)c2Cl)cc1. The molecule has 3 nitrogen and oxygen atoms in total. The molecule has 0 aliphatic carbocycles. The smallest absolute Gasteiger partial charge is 0.340 e. The first-order valence-electron chi connectivity index (χ1n) is 6.76. The van der Waals surface area contributed by atoms with Crippen molar-refractivity contribution in [2.24, 2.45) is 0 Å². The molecule has 0 aliphatic heterocycles. The van der Waals surface area contributed by atoms with E-state index in [2.05, 4.69) is 0 Å². The quantitative estimate of drug-likeness (QED) is 0.592. The molecule has 0 aliphatic rings. The zero-order valence-corrected chi connectivity index (χ0v) is 13.4. The lowest BCUT2D eigenvalue weighted by molar-refractivity contribution is 0.0475. The van der Waals surface area contributed by atoms with E-state index in [-0.39, 0.29) is 28.0 Å². The van der Waals surface area contributed by atoms with Gasteiger partial charge in [-0.1, -0.05) is 60.5 Å². The molecule has 2 rings (SSSR count). The number of halogens is 2. The average molecular weight is 337 g/mol. The number of esters is 1. The minimum absolute atomic E-state index is 0.119. The van der Waals surface area contributed by atoms with Gasteiger partial charge in [0.15, 0.2) is 12.4 Å². The van der Waals surface area contributed by atoms with Crippen LogP contribution in [0.2, 0.25) is 10.0 Å². The van der Waals surface area contributed by atoms with Crippen LogP contribution in [0.25, 0.3) is 0 Å². The Morgan fingerprint density at radius 2 is 1.73 bits per heavy atom. The third kappa shape index (κ3) is 3.87. The van der Waals surface area contributed by atoms with Crippen molar-refractivity contribution in [2.75, 3.05) is 6.61 Å². The van der Waals surface area contributed by atoms with Crippen molar-refractivity contribution < 1.29 is 14.3 Å². The van der Waals surface area contributed by atoms with E-state index in [1.165, 1.54) is 6.07 Å². The van der Waals surface area contributed by atoms with Gasteiger partial charge in [-0.15, -0.1) is 0 Å². The van der Waals surface area contributed by atoms with Crippen LogP contribution >= 0.6 is 23.2 Å². The van der Waals surface area contributed by atoms with Gasteiger partial charge in [0, 0.05) is 5.56 Å². The molecular formula is C17H14Cl2O3. The molecule has 0 atom stereocenters. The van der Waals surface area contributed by atoms with Crippen molar-refractivity contribution in [1.29, 1.82) is 0 Å². The van der Waals surface area contributed by atoms with E-state index in [0.717, 1.165) is 12.0 Å². The summed E-state index contributed by atoms with van der Waals surface area (Å²) in [4.78, 5) is 23.9. The molecule has 0 saturated heterocycles. The number of benzene rings is 2. The number of carbonyl (C=O) groups excluding carboxylic acids is 2. The summed E-state index contributed by atoms with van der Waals surface area (Å²) >= 11 is 11.8. The molecule has 0 aromatic heterocycles. The topological polar surface area (TPSA) is 43.4 Å². The maximum atomic E-state index is 12.0. The normalized spacial score (nSPS) is 10.3. The summed E-state index contributed by atoms with van der Waals surface area (Å²) in [5.74, 6) is -0.944. The van der Waals surface area contributed by atoms with Crippen LogP contribution in [-0.2, 0) is 11.2 Å². The van der Waals surface area contributed by atoms with Gasteiger partial charge in [0.1, 0.15) is 0 Å². The summed E-state index contributed by atoms with van der Waals surface area (Å²) in [5, 5.41) is 0.381. The number of ketones is 1. The van der Waals surface area contributed by atoms with Crippen molar-refractivity contribution in [3.8, 4) is 0 Å². The molecule has 0 amide bonds. The second kappa shape index (κ2) is 7.43. The van der Waals surface area contributed by atoms with Gasteiger partial charge in [0.25, 0.3) is 0 Å². The fraction of sp³-hybridized carbons (Fsp3) is 0.176. The Kier molecular flexibility index (Phi) is 5.58. The van der Waals surface area contributed by atoms with Crippen LogP contribution in [0.5, 0.6) is 0 Å². The second-order valence-electron chi connectivity index (χ2n) is 4.65. The van der Waals surface area contributed by atoms with Crippen molar-refractivity contribution in [3.63, 3.8) is 0 Å². The highest BCUT2D eigenvalue weighted by atomic mass is 35.5. The third-order valence-electron chi connectivity index (χ3n) is 3.19. The maximum Gasteiger partial charge on any atom is 0.340 e. The first-order chi connectivity index (χ1) is 10.5. The van der Waals surface area contributed by atoms with E-state index in [1.54, 1.807) is 24.3 Å². The van der Waals surface area contributed by atoms with Gasteiger partial charge in [0.05, 0.1) is 15.6 Å². The predicted octanol–water partition coefficient (Wildman–Crippen LogP) is 4.60. The Morgan fingerprint density at radius 3 is 2.36 bits per heavy atom. The van der Waals surface area contributed by atoms with Crippen LogP contribution in [0.1, 0.15) is 33.2 Å². The summed E-state index contributed by atoms with van der Waals surface area (Å²) < 4.78 is 5.01. The summed E-state index contributed by atoms with van der Waals surface area (Å²) in [6.07, 6.45) is 0.900. The highest BCUT2D eigenvalue weighted by Gasteiger charge is 2.16. The molecule has 5 heteroatoms. The van der Waals surface area contributed by atoms with Gasteiger partial charge in [-0.05, 0) is 24.1 Å². The van der Waals surface area contributed by atoms with E-state index < -0.39 is 5.97 Å². The third-order valence-corrected chi connectivity index (χ3v) is 4.01. The molecule has 0 heterocycles. The van der Waals surface area contributed by atoms with Crippen molar-refractivity contribution in [1.82, 2.24) is 0 Å². The molecular weight excluding hydrogens is 323 g/mol. The molecule has 2 aromatic rings. The Balaban J connectivity index is 2.01. The van der Waals surface area contributed by atoms with Crippen LogP contribution in [-0.4, -0.2) is 18.4 Å². The maximum absolute atomic E-state index is 12.0. The predicted molar refractivity (Wildman–Crippen MR) is 86.9 cm³/mol. The highest BCUT2D eigenvalue weighted by Crippen LogP contribution is 2.26. The van der Waals surface area contributed by atoms with Crippen LogP contribution in [0.15, 0.2) is 42.5 Å². The number of aryl methyl sites for hydroxylation is 1. The zero-order valence-electron chi connectivity index (χ0n) is 11.9. The second-order valence-corrected chi connectivity index (χ2v) is 5.44. The molecule has 2 aromatic carbocycles. The largest absolute Gasteiger partial charge is 0.454 e. The Bertz CT molecular complexity index is 694. The van der Waals surface area contributed by atoms with Gasteiger partial charge >= 0.3 is 5.97 Å². The molecule has 0 spiro atoms. The van der Waals surface area contributed by atoms with E-state index in [9.17, 15) is 9.59 Å². The summed E-state index contributed by atoms with van der Waals surface area (Å²) in [5.41, 5.74) is 1.78. The molecule has 22 heavy (non-hydrogen) atoms. The molecule has 0 saturated carbocycles. The van der Waals surface area contributed by atoms with Gasteiger partial charge in [-0.25, -0.2) is 4.79 Å². The van der Waals surface area contributed by atoms with Crippen LogP contribution in [0, 0.1) is 0 Å². The first-order valence-corrected chi connectivity index (χ1v) is 7.51. The summed E-state index contributed by atoms with van der Waals surface area (Å²) in [6.45, 7) is 1.69. The van der Waals surface area contributed by atoms with E-state index in [1.807, 2.05) is 19.1 Å². The number of rotatable bonds is 5. The number of ether oxygens (including phenoxy) is 1. The van der Waals surface area contributed by atoms with Crippen LogP contribution in [0.4, 0.5) is 0 Å². The highest BCUT2D eigenvalue weighted by molar-refractivity contribution is 6.43. The lowest BCUT2D eigenvalue weighted by atomic mass is 10.1. The van der Waals surface area contributed by atoms with Crippen LogP contribution in [0.3, 0.4) is 0 Å². The Morgan fingerprint density at radius 1 is 1.05 bits per heavy atom. The van der Waals surface area contributed by atoms with E-state index in [0.29, 0.717) is 5.56 Å². The van der Waals surface area contributed by atoms with E-state index in [4.69, 9.17) is 27.9 Å². The monoisotopic (exact) mass is 336 g/mol. The van der Waals surface area contributed by atoms with Crippen molar-refractivity contribution in [3.05, 3.63) is 69.2 Å². The Hall–Kier alpha value is -1.84. The molecule has 0 bridgehead atoms. The van der Waals surface area contributed by atoms with Crippen LogP contribution < -0.4 is 0 Å². The number of Topliss-reactive ketones (excluding diaryl/α,β-unsaturated/α-hetero) is 1. The van der Waals surface area contributed by atoms with Gasteiger partial charge in [-0.3, -0.25) is 4.79 Å². The summed E-state index contributed by atoms with van der Waals surface area (Å²) in [7, 11) is 0. The first kappa shape index (κ1) is 16.5. The minimum Gasteiger partial charge on any atom is -0.454 e. The average Bonchev–Trinajstić information content (AvgIpc) is 2.55. The fourth-order valence-electron chi connectivity index (χ4n) is 1.88. The fourth-order valence-corrected chi connectivity index (χ4v) is 2.26. The van der Waals surface area contributed by atoms with Gasteiger partial charge < -0.3 is 4.74 Å². The van der Waals surface area contributed by atoms with Gasteiger partial charge in [0.2, 0.25) is 0 Å². The standard InChI is InChI=1S/C17H14Cl2O3/c1-2-11-6-8-12(9-7-11)15(20)10-22-17(21)13-4-3-5-14(18)16(13)19/h3-9H,2,10H2,1H3. The summed E-state index contributed by atoms with van der Waals surface area (Å²) in [6, 6.07) is 11.9. The Labute approximate surface area is 138 Å². The number of hydrogen-bond acceptors (Lipinski definition) is 3. The molecule has 0 N–H and O–H groups in total. The molecule has 0 radical (unpaired) electrons.